The summed E-state index contributed by atoms with van der Waals surface area (Å²) in [5, 5.41) is 26.0. The van der Waals surface area contributed by atoms with Gasteiger partial charge in [0.2, 0.25) is 0 Å². The Morgan fingerprint density at radius 3 is 2.43 bits per heavy atom. The third kappa shape index (κ3) is 4.12. The molecule has 122 valence electrons. The maximum absolute atomic E-state index is 11.1. The SMILES string of the molecule is CC1=C/C(=N\Nc2ccc([N+](=O)[O-])cc2[N+](=O)[O-])CC(C)(C)C1. The lowest BCUT2D eigenvalue weighted by Gasteiger charge is -2.29. The number of nitro benzene ring substituents is 2. The summed E-state index contributed by atoms with van der Waals surface area (Å²) in [6, 6.07) is 3.43. The molecule has 0 saturated heterocycles. The Morgan fingerprint density at radius 2 is 1.87 bits per heavy atom. The Hall–Kier alpha value is -2.77. The number of rotatable bonds is 4. The molecule has 23 heavy (non-hydrogen) atoms. The molecule has 0 fully saturated rings. The molecule has 1 aliphatic rings. The van der Waals surface area contributed by atoms with Crippen molar-refractivity contribution in [1.29, 1.82) is 0 Å². The molecule has 0 aromatic heterocycles. The summed E-state index contributed by atoms with van der Waals surface area (Å²) in [4.78, 5) is 20.5. The molecule has 1 aromatic carbocycles. The molecule has 0 aliphatic heterocycles. The Kier molecular flexibility index (Phi) is 4.44. The molecule has 0 radical (unpaired) electrons. The molecule has 1 aromatic rings. The van der Waals surface area contributed by atoms with Crippen LogP contribution in [0.3, 0.4) is 0 Å². The third-order valence-corrected chi connectivity index (χ3v) is 3.54. The second kappa shape index (κ2) is 6.15. The lowest BCUT2D eigenvalue weighted by molar-refractivity contribution is -0.393. The van der Waals surface area contributed by atoms with Crippen LogP contribution in [0.1, 0.15) is 33.6 Å². The number of benzene rings is 1. The van der Waals surface area contributed by atoms with Crippen molar-refractivity contribution >= 4 is 22.8 Å². The predicted molar refractivity (Wildman–Crippen MR) is 87.6 cm³/mol. The van der Waals surface area contributed by atoms with Gasteiger partial charge in [-0.2, -0.15) is 5.10 Å². The molecule has 0 heterocycles. The number of hydrazone groups is 1. The molecule has 0 bridgehead atoms. The van der Waals surface area contributed by atoms with Gasteiger partial charge in [0.15, 0.2) is 0 Å². The summed E-state index contributed by atoms with van der Waals surface area (Å²) in [6.45, 7) is 6.28. The van der Waals surface area contributed by atoms with Gasteiger partial charge in [0, 0.05) is 6.07 Å². The maximum Gasteiger partial charge on any atom is 0.301 e. The average Bonchev–Trinajstić information content (AvgIpc) is 2.42. The van der Waals surface area contributed by atoms with Gasteiger partial charge in [-0.15, -0.1) is 0 Å². The number of nitro groups is 2. The number of allylic oxidation sites excluding steroid dienone is 2. The number of nitrogens with one attached hydrogen (secondary N) is 1. The minimum atomic E-state index is -0.668. The zero-order chi connectivity index (χ0) is 17.2. The van der Waals surface area contributed by atoms with Gasteiger partial charge in [0.05, 0.1) is 21.6 Å². The highest BCUT2D eigenvalue weighted by Crippen LogP contribution is 2.34. The van der Waals surface area contributed by atoms with Crippen LogP contribution < -0.4 is 5.43 Å². The van der Waals surface area contributed by atoms with E-state index in [4.69, 9.17) is 0 Å². The molecule has 1 aliphatic carbocycles. The Bertz CT molecular complexity index is 722. The molecule has 1 N–H and O–H groups in total. The van der Waals surface area contributed by atoms with E-state index >= 15 is 0 Å². The second-order valence-electron chi connectivity index (χ2n) is 6.44. The molecule has 0 saturated carbocycles. The highest BCUT2D eigenvalue weighted by atomic mass is 16.6. The van der Waals surface area contributed by atoms with Crippen LogP contribution in [-0.2, 0) is 0 Å². The molecule has 2 rings (SSSR count). The standard InChI is InChI=1S/C15H18N4O4/c1-10-6-11(9-15(2,3)8-10)16-17-13-5-4-12(18(20)21)7-14(13)19(22)23/h4-7,17H,8-9H2,1-3H3/b16-11+. The van der Waals surface area contributed by atoms with Crippen LogP contribution in [0.2, 0.25) is 0 Å². The minimum absolute atomic E-state index is 0.0841. The number of nitrogens with zero attached hydrogens (tertiary/aromatic N) is 3. The molecular weight excluding hydrogens is 300 g/mol. The third-order valence-electron chi connectivity index (χ3n) is 3.54. The minimum Gasteiger partial charge on any atom is -0.271 e. The Labute approximate surface area is 133 Å². The molecule has 8 heteroatoms. The summed E-state index contributed by atoms with van der Waals surface area (Å²) in [5.74, 6) is 0. The highest BCUT2D eigenvalue weighted by molar-refractivity contribution is 5.97. The molecule has 0 spiro atoms. The van der Waals surface area contributed by atoms with E-state index in [2.05, 4.69) is 24.4 Å². The largest absolute Gasteiger partial charge is 0.301 e. The monoisotopic (exact) mass is 318 g/mol. The van der Waals surface area contributed by atoms with Crippen LogP contribution in [0.4, 0.5) is 17.1 Å². The van der Waals surface area contributed by atoms with Crippen molar-refractivity contribution in [2.24, 2.45) is 10.5 Å². The number of non-ortho nitro benzene ring substituents is 1. The fraction of sp³-hybridized carbons (Fsp3) is 0.400. The molecular formula is C15H18N4O4. The van der Waals surface area contributed by atoms with Crippen LogP contribution in [0, 0.1) is 25.6 Å². The molecule has 0 unspecified atom stereocenters. The summed E-state index contributed by atoms with van der Waals surface area (Å²) in [6.07, 6.45) is 3.68. The summed E-state index contributed by atoms with van der Waals surface area (Å²) in [5.41, 5.74) is 4.17. The van der Waals surface area contributed by atoms with E-state index < -0.39 is 9.85 Å². The van der Waals surface area contributed by atoms with Gasteiger partial charge in [-0.05, 0) is 37.3 Å². The van der Waals surface area contributed by atoms with Crippen LogP contribution in [0.15, 0.2) is 34.9 Å². The van der Waals surface area contributed by atoms with Gasteiger partial charge < -0.3 is 0 Å². The van der Waals surface area contributed by atoms with Gasteiger partial charge in [-0.1, -0.05) is 19.4 Å². The lowest BCUT2D eigenvalue weighted by Crippen LogP contribution is -2.21. The first kappa shape index (κ1) is 16.6. The first-order valence-corrected chi connectivity index (χ1v) is 7.10. The first-order chi connectivity index (χ1) is 10.7. The summed E-state index contributed by atoms with van der Waals surface area (Å²) in [7, 11) is 0. The maximum atomic E-state index is 11.1. The lowest BCUT2D eigenvalue weighted by atomic mass is 9.77. The summed E-state index contributed by atoms with van der Waals surface area (Å²) < 4.78 is 0. The topological polar surface area (TPSA) is 111 Å². The Balaban J connectivity index is 2.30. The Morgan fingerprint density at radius 1 is 1.17 bits per heavy atom. The van der Waals surface area contributed by atoms with E-state index in [0.29, 0.717) is 0 Å². The van der Waals surface area contributed by atoms with Gasteiger partial charge >= 0.3 is 5.69 Å². The zero-order valence-electron chi connectivity index (χ0n) is 13.2. The predicted octanol–water partition coefficient (Wildman–Crippen LogP) is 4.04. The average molecular weight is 318 g/mol. The van der Waals surface area contributed by atoms with Crippen molar-refractivity contribution in [2.45, 2.75) is 33.6 Å². The fourth-order valence-corrected chi connectivity index (χ4v) is 2.78. The molecule has 0 amide bonds. The van der Waals surface area contributed by atoms with Crippen LogP contribution in [0.5, 0.6) is 0 Å². The second-order valence-corrected chi connectivity index (χ2v) is 6.44. The van der Waals surface area contributed by atoms with Crippen molar-refractivity contribution in [3.63, 3.8) is 0 Å². The van der Waals surface area contributed by atoms with E-state index in [1.165, 1.54) is 17.7 Å². The van der Waals surface area contributed by atoms with Crippen LogP contribution in [0.25, 0.3) is 0 Å². The van der Waals surface area contributed by atoms with E-state index in [1.54, 1.807) is 0 Å². The summed E-state index contributed by atoms with van der Waals surface area (Å²) >= 11 is 0. The van der Waals surface area contributed by atoms with Crippen molar-refractivity contribution < 1.29 is 9.85 Å². The normalized spacial score (nSPS) is 18.4. The highest BCUT2D eigenvalue weighted by Gasteiger charge is 2.25. The zero-order valence-corrected chi connectivity index (χ0v) is 13.2. The number of hydrogen-bond donors (Lipinski definition) is 1. The van der Waals surface area contributed by atoms with Crippen LogP contribution in [-0.4, -0.2) is 15.6 Å². The quantitative estimate of drug-likeness (QED) is 0.665. The molecule has 8 nitrogen and oxygen atoms in total. The van der Waals surface area contributed by atoms with Crippen molar-refractivity contribution in [1.82, 2.24) is 0 Å². The number of anilines is 1. The number of hydrogen-bond acceptors (Lipinski definition) is 6. The van der Waals surface area contributed by atoms with E-state index in [9.17, 15) is 20.2 Å². The van der Waals surface area contributed by atoms with Gasteiger partial charge in [-0.3, -0.25) is 25.7 Å². The smallest absolute Gasteiger partial charge is 0.271 e. The fourth-order valence-electron chi connectivity index (χ4n) is 2.78. The van der Waals surface area contributed by atoms with Crippen molar-refractivity contribution in [3.05, 3.63) is 50.1 Å². The van der Waals surface area contributed by atoms with Gasteiger partial charge in [-0.25, -0.2) is 0 Å². The van der Waals surface area contributed by atoms with Crippen molar-refractivity contribution in [2.75, 3.05) is 5.43 Å². The van der Waals surface area contributed by atoms with E-state index in [-0.39, 0.29) is 22.5 Å². The van der Waals surface area contributed by atoms with Gasteiger partial charge in [0.25, 0.3) is 5.69 Å². The van der Waals surface area contributed by atoms with Crippen molar-refractivity contribution in [3.8, 4) is 0 Å². The van der Waals surface area contributed by atoms with E-state index in [1.807, 2.05) is 13.0 Å². The van der Waals surface area contributed by atoms with Gasteiger partial charge in [0.1, 0.15) is 5.69 Å². The van der Waals surface area contributed by atoms with E-state index in [0.717, 1.165) is 24.6 Å². The first-order valence-electron chi connectivity index (χ1n) is 7.10. The molecule has 0 atom stereocenters. The van der Waals surface area contributed by atoms with Crippen LogP contribution >= 0.6 is 0 Å².